The molecule has 2 aromatic rings. The second-order valence-corrected chi connectivity index (χ2v) is 7.28. The third-order valence-corrected chi connectivity index (χ3v) is 5.42. The Hall–Kier alpha value is -1.38. The highest BCUT2D eigenvalue weighted by molar-refractivity contribution is 7.89. The van der Waals surface area contributed by atoms with Crippen LogP contribution in [0.4, 0.5) is 0 Å². The summed E-state index contributed by atoms with van der Waals surface area (Å²) >= 11 is 5.86. The highest BCUT2D eigenvalue weighted by Crippen LogP contribution is 2.18. The third kappa shape index (κ3) is 3.68. The molecule has 0 saturated heterocycles. The maximum absolute atomic E-state index is 12.3. The summed E-state index contributed by atoms with van der Waals surface area (Å²) in [5.41, 5.74) is 0.610. The van der Waals surface area contributed by atoms with Crippen LogP contribution in [0.25, 0.3) is 0 Å². The van der Waals surface area contributed by atoms with Crippen LogP contribution >= 0.6 is 11.6 Å². The van der Waals surface area contributed by atoms with Crippen LogP contribution < -0.4 is 4.72 Å². The first-order chi connectivity index (χ1) is 10.3. The quantitative estimate of drug-likeness (QED) is 0.830. The zero-order valence-electron chi connectivity index (χ0n) is 12.8. The monoisotopic (exact) mass is 345 g/mol. The first kappa shape index (κ1) is 17.0. The van der Waals surface area contributed by atoms with Crippen LogP contribution in [0.1, 0.15) is 31.5 Å². The summed E-state index contributed by atoms with van der Waals surface area (Å²) in [6, 6.07) is 0.102. The first-order valence-corrected chi connectivity index (χ1v) is 8.89. The molecule has 0 aliphatic heterocycles. The lowest BCUT2D eigenvalue weighted by Crippen LogP contribution is -2.27. The van der Waals surface area contributed by atoms with Crippen molar-refractivity contribution in [2.45, 2.75) is 37.6 Å². The maximum Gasteiger partial charge on any atom is 0.243 e. The molecule has 0 spiro atoms. The lowest BCUT2D eigenvalue weighted by atomic mass is 10.1. The number of aromatic nitrogens is 4. The highest BCUT2D eigenvalue weighted by atomic mass is 35.5. The summed E-state index contributed by atoms with van der Waals surface area (Å²) in [4.78, 5) is 0.213. The van der Waals surface area contributed by atoms with Crippen LogP contribution in [-0.4, -0.2) is 34.5 Å². The van der Waals surface area contributed by atoms with Crippen LogP contribution in [0, 0.1) is 6.92 Å². The molecule has 0 unspecified atom stereocenters. The molecule has 0 saturated carbocycles. The van der Waals surface area contributed by atoms with E-state index in [0.717, 1.165) is 6.42 Å². The Balaban J connectivity index is 1.99. The molecule has 0 bridgehead atoms. The van der Waals surface area contributed by atoms with Gasteiger partial charge < -0.3 is 0 Å². The summed E-state index contributed by atoms with van der Waals surface area (Å²) in [5, 5.41) is 8.71. The minimum atomic E-state index is -3.54. The second-order valence-electron chi connectivity index (χ2n) is 5.10. The lowest BCUT2D eigenvalue weighted by Gasteiger charge is -2.15. The van der Waals surface area contributed by atoms with E-state index in [0.29, 0.717) is 23.7 Å². The molecule has 122 valence electrons. The Morgan fingerprint density at radius 3 is 2.59 bits per heavy atom. The van der Waals surface area contributed by atoms with Gasteiger partial charge in [0.25, 0.3) is 0 Å². The lowest BCUT2D eigenvalue weighted by molar-refractivity contribution is 0.412. The van der Waals surface area contributed by atoms with E-state index in [4.69, 9.17) is 11.6 Å². The molecule has 22 heavy (non-hydrogen) atoms. The Morgan fingerprint density at radius 2 is 2.09 bits per heavy atom. The van der Waals surface area contributed by atoms with E-state index in [1.165, 1.54) is 10.9 Å². The van der Waals surface area contributed by atoms with Gasteiger partial charge in [0.1, 0.15) is 4.90 Å². The van der Waals surface area contributed by atoms with Crippen molar-refractivity contribution in [2.24, 2.45) is 7.05 Å². The van der Waals surface area contributed by atoms with Gasteiger partial charge in [-0.05, 0) is 19.8 Å². The Morgan fingerprint density at radius 1 is 1.36 bits per heavy atom. The molecular weight excluding hydrogens is 326 g/mol. The molecule has 0 amide bonds. The molecule has 2 rings (SSSR count). The zero-order valence-corrected chi connectivity index (χ0v) is 14.4. The van der Waals surface area contributed by atoms with Gasteiger partial charge in [-0.1, -0.05) is 18.5 Å². The number of halogens is 1. The molecule has 0 radical (unpaired) electrons. The standard InChI is InChI=1S/C13H20ClN5O2S/c1-4-12(19-9-11(14)7-16-19)5-6-17-22(20,21)13-8-15-18(3)10(13)2/h7-9,12,17H,4-6H2,1-3H3/t12-/m1/s1. The minimum absolute atomic E-state index is 0.102. The van der Waals surface area contributed by atoms with E-state index in [1.807, 2.05) is 6.92 Å². The van der Waals surface area contributed by atoms with Gasteiger partial charge in [-0.2, -0.15) is 10.2 Å². The number of nitrogens with one attached hydrogen (secondary N) is 1. The Bertz CT molecular complexity index is 737. The van der Waals surface area contributed by atoms with Gasteiger partial charge in [0, 0.05) is 19.8 Å². The number of hydrogen-bond acceptors (Lipinski definition) is 4. The molecule has 1 atom stereocenters. The van der Waals surface area contributed by atoms with Gasteiger partial charge in [-0.15, -0.1) is 0 Å². The van der Waals surface area contributed by atoms with Crippen molar-refractivity contribution in [2.75, 3.05) is 6.54 Å². The zero-order chi connectivity index (χ0) is 16.3. The van der Waals surface area contributed by atoms with Crippen LogP contribution in [0.5, 0.6) is 0 Å². The summed E-state index contributed by atoms with van der Waals surface area (Å²) in [5.74, 6) is 0. The molecular formula is C13H20ClN5O2S. The SMILES string of the molecule is CC[C@H](CCNS(=O)(=O)c1cnn(C)c1C)n1cc(Cl)cn1. The summed E-state index contributed by atoms with van der Waals surface area (Å²) in [6.45, 7) is 4.08. The molecule has 7 nitrogen and oxygen atoms in total. The topological polar surface area (TPSA) is 81.8 Å². The van der Waals surface area contributed by atoms with Gasteiger partial charge in [0.05, 0.1) is 29.2 Å². The fourth-order valence-corrected chi connectivity index (χ4v) is 3.61. The highest BCUT2D eigenvalue weighted by Gasteiger charge is 2.20. The van der Waals surface area contributed by atoms with Crippen molar-refractivity contribution in [3.8, 4) is 0 Å². The van der Waals surface area contributed by atoms with Crippen LogP contribution in [0.2, 0.25) is 5.02 Å². The van der Waals surface area contributed by atoms with Gasteiger partial charge in [0.2, 0.25) is 10.0 Å². The van der Waals surface area contributed by atoms with Gasteiger partial charge >= 0.3 is 0 Å². The van der Waals surface area contributed by atoms with Crippen LogP contribution in [0.15, 0.2) is 23.5 Å². The smallest absolute Gasteiger partial charge is 0.243 e. The van der Waals surface area contributed by atoms with Crippen molar-refractivity contribution >= 4 is 21.6 Å². The van der Waals surface area contributed by atoms with Crippen LogP contribution in [-0.2, 0) is 17.1 Å². The average molecular weight is 346 g/mol. The number of hydrogen-bond donors (Lipinski definition) is 1. The molecule has 0 aliphatic rings. The van der Waals surface area contributed by atoms with Crippen molar-refractivity contribution in [1.82, 2.24) is 24.3 Å². The second kappa shape index (κ2) is 6.80. The molecule has 1 N–H and O–H groups in total. The average Bonchev–Trinajstić information content (AvgIpc) is 3.03. The van der Waals surface area contributed by atoms with E-state index in [1.54, 1.807) is 31.0 Å². The Labute approximate surface area is 135 Å². The first-order valence-electron chi connectivity index (χ1n) is 7.03. The van der Waals surface area contributed by atoms with E-state index in [9.17, 15) is 8.42 Å². The van der Waals surface area contributed by atoms with Gasteiger partial charge in [0.15, 0.2) is 0 Å². The maximum atomic E-state index is 12.3. The fourth-order valence-electron chi connectivity index (χ4n) is 2.22. The van der Waals surface area contributed by atoms with Crippen LogP contribution in [0.3, 0.4) is 0 Å². The fraction of sp³-hybridized carbons (Fsp3) is 0.538. The molecule has 0 aromatic carbocycles. The van der Waals surface area contributed by atoms with Gasteiger partial charge in [-0.25, -0.2) is 13.1 Å². The van der Waals surface area contributed by atoms with Crippen molar-refractivity contribution in [3.63, 3.8) is 0 Å². The number of aryl methyl sites for hydroxylation is 1. The predicted molar refractivity (Wildman–Crippen MR) is 84.3 cm³/mol. The van der Waals surface area contributed by atoms with Crippen molar-refractivity contribution in [3.05, 3.63) is 29.3 Å². The third-order valence-electron chi connectivity index (χ3n) is 3.66. The number of rotatable bonds is 7. The van der Waals surface area contributed by atoms with Gasteiger partial charge in [-0.3, -0.25) is 9.36 Å². The summed E-state index contributed by atoms with van der Waals surface area (Å²) in [7, 11) is -1.83. The minimum Gasteiger partial charge on any atom is -0.272 e. The molecule has 0 aliphatic carbocycles. The molecule has 9 heteroatoms. The van der Waals surface area contributed by atoms with E-state index < -0.39 is 10.0 Å². The Kier molecular flexibility index (Phi) is 5.25. The number of sulfonamides is 1. The molecule has 0 fully saturated rings. The largest absolute Gasteiger partial charge is 0.272 e. The summed E-state index contributed by atoms with van der Waals surface area (Å²) in [6.07, 6.45) is 6.16. The van der Waals surface area contributed by atoms with E-state index >= 15 is 0 Å². The predicted octanol–water partition coefficient (Wildman–Crippen LogP) is 1.90. The van der Waals surface area contributed by atoms with E-state index in [-0.39, 0.29) is 10.9 Å². The number of nitrogens with zero attached hydrogens (tertiary/aromatic N) is 4. The van der Waals surface area contributed by atoms with Crippen molar-refractivity contribution in [1.29, 1.82) is 0 Å². The van der Waals surface area contributed by atoms with E-state index in [2.05, 4.69) is 14.9 Å². The van der Waals surface area contributed by atoms with Crippen molar-refractivity contribution < 1.29 is 8.42 Å². The summed E-state index contributed by atoms with van der Waals surface area (Å²) < 4.78 is 30.5. The molecule has 2 heterocycles. The molecule has 2 aromatic heterocycles. The normalized spacial score (nSPS) is 13.5.